The van der Waals surface area contributed by atoms with E-state index in [2.05, 4.69) is 0 Å². The van der Waals surface area contributed by atoms with E-state index in [1.807, 2.05) is 39.8 Å². The van der Waals surface area contributed by atoms with Gasteiger partial charge in [-0.25, -0.2) is 24.8 Å². The van der Waals surface area contributed by atoms with Crippen LogP contribution in [0.4, 0.5) is 0 Å². The molecule has 0 atom stereocenters. The standard InChI is InChI=1S/C38H28Cl2N2O4S2/c1-21-5-11-27(12-6-21)47(43,44)41-33-15-9-25(39)19-31(33)35-36-32-20-26(40)10-16-34(32)42(48(45,46)28-13-7-22(2)8-14-28)38(36)30-18-24(4)23(3)17-29(30)37(35)41/h5-20H,1-4H3. The Balaban J connectivity index is 1.71. The summed E-state index contributed by atoms with van der Waals surface area (Å²) in [7, 11) is -8.34. The Morgan fingerprint density at radius 2 is 0.812 bits per heavy atom. The summed E-state index contributed by atoms with van der Waals surface area (Å²) in [6.45, 7) is 7.72. The van der Waals surface area contributed by atoms with Gasteiger partial charge in [0.1, 0.15) is 0 Å². The first kappa shape index (κ1) is 31.0. The van der Waals surface area contributed by atoms with Gasteiger partial charge in [0.25, 0.3) is 20.0 Å². The molecular weight excluding hydrogens is 683 g/mol. The quantitative estimate of drug-likeness (QED) is 0.182. The molecule has 0 aliphatic heterocycles. The molecule has 0 amide bonds. The van der Waals surface area contributed by atoms with Crippen LogP contribution in [0, 0.1) is 27.7 Å². The summed E-state index contributed by atoms with van der Waals surface area (Å²) >= 11 is 13.3. The summed E-state index contributed by atoms with van der Waals surface area (Å²) in [5.74, 6) is 0. The summed E-state index contributed by atoms with van der Waals surface area (Å²) < 4.78 is 61.8. The monoisotopic (exact) mass is 710 g/mol. The fraction of sp³-hybridized carbons (Fsp3) is 0.105. The molecule has 8 aromatic rings. The third kappa shape index (κ3) is 4.36. The zero-order chi connectivity index (χ0) is 33.9. The first-order chi connectivity index (χ1) is 22.8. The maximum absolute atomic E-state index is 14.8. The lowest BCUT2D eigenvalue weighted by molar-refractivity contribution is 0.588. The molecule has 8 rings (SSSR count). The van der Waals surface area contributed by atoms with Crippen molar-refractivity contribution in [3.05, 3.63) is 129 Å². The topological polar surface area (TPSA) is 78.1 Å². The van der Waals surface area contributed by atoms with E-state index in [1.54, 1.807) is 84.9 Å². The Morgan fingerprint density at radius 3 is 1.17 bits per heavy atom. The van der Waals surface area contributed by atoms with Gasteiger partial charge in [-0.3, -0.25) is 0 Å². The number of halogens is 2. The van der Waals surface area contributed by atoms with Crippen molar-refractivity contribution in [1.29, 1.82) is 0 Å². The minimum Gasteiger partial charge on any atom is -0.233 e. The molecule has 0 fully saturated rings. The van der Waals surface area contributed by atoms with Gasteiger partial charge >= 0.3 is 0 Å². The van der Waals surface area contributed by atoms with Gasteiger partial charge in [-0.2, -0.15) is 0 Å². The van der Waals surface area contributed by atoms with E-state index in [9.17, 15) is 16.8 Å². The second-order valence-electron chi connectivity index (χ2n) is 12.4. The van der Waals surface area contributed by atoms with Crippen LogP contribution in [0.25, 0.3) is 54.4 Å². The largest absolute Gasteiger partial charge is 0.268 e. The molecule has 0 saturated heterocycles. The molecule has 0 saturated carbocycles. The molecule has 10 heteroatoms. The summed E-state index contributed by atoms with van der Waals surface area (Å²) in [5.41, 5.74) is 5.44. The van der Waals surface area contributed by atoms with Gasteiger partial charge in [-0.1, -0.05) is 58.6 Å². The van der Waals surface area contributed by atoms with Crippen molar-refractivity contribution in [3.63, 3.8) is 0 Å². The van der Waals surface area contributed by atoms with Crippen LogP contribution in [-0.4, -0.2) is 24.8 Å². The molecular formula is C38H28Cl2N2O4S2. The maximum atomic E-state index is 14.8. The molecule has 0 N–H and O–H groups in total. The molecule has 2 aromatic heterocycles. The molecule has 0 aliphatic carbocycles. The van der Waals surface area contributed by atoms with E-state index in [0.717, 1.165) is 22.3 Å². The molecule has 0 unspecified atom stereocenters. The van der Waals surface area contributed by atoms with Gasteiger partial charge in [0, 0.05) is 42.4 Å². The number of benzene rings is 6. The Morgan fingerprint density at radius 1 is 0.458 bits per heavy atom. The highest BCUT2D eigenvalue weighted by atomic mass is 35.5. The molecule has 0 bridgehead atoms. The van der Waals surface area contributed by atoms with Crippen molar-refractivity contribution < 1.29 is 16.8 Å². The minimum atomic E-state index is -4.17. The smallest absolute Gasteiger partial charge is 0.233 e. The lowest BCUT2D eigenvalue weighted by atomic mass is 9.96. The van der Waals surface area contributed by atoms with Crippen LogP contribution in [0.5, 0.6) is 0 Å². The van der Waals surface area contributed by atoms with E-state index in [0.29, 0.717) is 64.4 Å². The average molecular weight is 712 g/mol. The Hall–Kier alpha value is -4.34. The van der Waals surface area contributed by atoms with Gasteiger partial charge in [0.2, 0.25) is 0 Å². The van der Waals surface area contributed by atoms with E-state index in [1.165, 1.54) is 7.94 Å². The Labute approximate surface area is 287 Å². The fourth-order valence-corrected chi connectivity index (χ4v) is 10.2. The maximum Gasteiger partial charge on any atom is 0.268 e. The van der Waals surface area contributed by atoms with Gasteiger partial charge in [-0.05, 0) is 112 Å². The Bertz CT molecular complexity index is 2710. The molecule has 0 spiro atoms. The summed E-state index contributed by atoms with van der Waals surface area (Å²) in [5, 5.41) is 4.30. The Kier molecular flexibility index (Phi) is 6.82. The number of aryl methyl sites for hydroxylation is 4. The van der Waals surface area contributed by atoms with Gasteiger partial charge in [0.05, 0.1) is 31.9 Å². The number of hydrogen-bond donors (Lipinski definition) is 0. The van der Waals surface area contributed by atoms with E-state index >= 15 is 0 Å². The van der Waals surface area contributed by atoms with E-state index in [-0.39, 0.29) is 9.79 Å². The number of rotatable bonds is 4. The highest BCUT2D eigenvalue weighted by Gasteiger charge is 2.32. The fourth-order valence-electron chi connectivity index (χ4n) is 6.80. The van der Waals surface area contributed by atoms with Crippen LogP contribution in [0.3, 0.4) is 0 Å². The molecule has 240 valence electrons. The van der Waals surface area contributed by atoms with Crippen LogP contribution >= 0.6 is 23.2 Å². The van der Waals surface area contributed by atoms with Crippen LogP contribution in [0.1, 0.15) is 22.3 Å². The highest BCUT2D eigenvalue weighted by Crippen LogP contribution is 2.48. The van der Waals surface area contributed by atoms with E-state index in [4.69, 9.17) is 23.2 Å². The number of hydrogen-bond acceptors (Lipinski definition) is 4. The van der Waals surface area contributed by atoms with E-state index < -0.39 is 20.0 Å². The summed E-state index contributed by atoms with van der Waals surface area (Å²) in [6.07, 6.45) is 0. The third-order valence-corrected chi connectivity index (χ3v) is 13.2. The van der Waals surface area contributed by atoms with Crippen molar-refractivity contribution in [2.45, 2.75) is 37.5 Å². The number of aromatic nitrogens is 2. The molecule has 0 aliphatic rings. The zero-order valence-corrected chi connectivity index (χ0v) is 29.5. The van der Waals surface area contributed by atoms with Crippen molar-refractivity contribution in [2.75, 3.05) is 0 Å². The van der Waals surface area contributed by atoms with Gasteiger partial charge < -0.3 is 0 Å². The van der Waals surface area contributed by atoms with Crippen LogP contribution in [0.2, 0.25) is 10.0 Å². The summed E-state index contributed by atoms with van der Waals surface area (Å²) in [4.78, 5) is 0.262. The normalized spacial score (nSPS) is 12.7. The predicted molar refractivity (Wildman–Crippen MR) is 197 cm³/mol. The van der Waals surface area contributed by atoms with Crippen molar-refractivity contribution in [2.24, 2.45) is 0 Å². The minimum absolute atomic E-state index is 0.131. The van der Waals surface area contributed by atoms with Crippen molar-refractivity contribution in [3.8, 4) is 0 Å². The third-order valence-electron chi connectivity index (χ3n) is 9.29. The SMILES string of the molecule is Cc1ccc(S(=O)(=O)n2c3ccc(Cl)cc3c3c4c5cc(Cl)ccc5n(S(=O)(=O)c5ccc(C)cc5)c4c4cc(C)c(C)cc4c32)cc1. The van der Waals surface area contributed by atoms with Gasteiger partial charge in [0.15, 0.2) is 0 Å². The van der Waals surface area contributed by atoms with Crippen molar-refractivity contribution >= 4 is 97.6 Å². The van der Waals surface area contributed by atoms with Crippen LogP contribution in [-0.2, 0) is 20.0 Å². The highest BCUT2D eigenvalue weighted by molar-refractivity contribution is 7.90. The van der Waals surface area contributed by atoms with Crippen molar-refractivity contribution in [1.82, 2.24) is 7.94 Å². The lowest BCUT2D eigenvalue weighted by Gasteiger charge is -2.15. The second-order valence-corrected chi connectivity index (χ2v) is 16.9. The van der Waals surface area contributed by atoms with Gasteiger partial charge in [-0.15, -0.1) is 0 Å². The molecule has 6 aromatic carbocycles. The molecule has 6 nitrogen and oxygen atoms in total. The lowest BCUT2D eigenvalue weighted by Crippen LogP contribution is -2.14. The first-order valence-corrected chi connectivity index (χ1v) is 18.9. The molecule has 0 radical (unpaired) electrons. The summed E-state index contributed by atoms with van der Waals surface area (Å²) in [6, 6.07) is 27.6. The number of fused-ring (bicyclic) bond motifs is 10. The molecule has 2 heterocycles. The molecule has 48 heavy (non-hydrogen) atoms. The zero-order valence-electron chi connectivity index (χ0n) is 26.3. The van der Waals surface area contributed by atoms with Crippen LogP contribution in [0.15, 0.2) is 107 Å². The average Bonchev–Trinajstić information content (AvgIpc) is 3.56. The first-order valence-electron chi connectivity index (χ1n) is 15.2. The number of nitrogens with zero attached hydrogens (tertiary/aromatic N) is 2. The second kappa shape index (κ2) is 10.6. The van der Waals surface area contributed by atoms with Crippen LogP contribution < -0.4 is 0 Å². The predicted octanol–water partition coefficient (Wildman–Crippen LogP) is 10.1.